The molecule has 0 aromatic heterocycles. The quantitative estimate of drug-likeness (QED) is 0.288. The van der Waals surface area contributed by atoms with Gasteiger partial charge in [0.05, 0.1) is 18.0 Å². The number of alkyl halides is 1. The van der Waals surface area contributed by atoms with Crippen molar-refractivity contribution in [3.05, 3.63) is 72.0 Å². The molecule has 0 atom stereocenters. The molecule has 126 valence electrons. The fraction of sp³-hybridized carbons (Fsp3) is 0.211. The average molecular weight is 391 g/mol. The first-order valence-electron chi connectivity index (χ1n) is 7.59. The highest BCUT2D eigenvalue weighted by molar-refractivity contribution is 9.09. The van der Waals surface area contributed by atoms with Crippen molar-refractivity contribution in [2.45, 2.75) is 13.5 Å². The summed E-state index contributed by atoms with van der Waals surface area (Å²) in [5.74, 6) is 1.17. The number of rotatable bonds is 8. The minimum atomic E-state index is -0.436. The van der Waals surface area contributed by atoms with Crippen molar-refractivity contribution < 1.29 is 19.0 Å². The van der Waals surface area contributed by atoms with Gasteiger partial charge in [-0.05, 0) is 24.6 Å². The molecule has 2 aromatic rings. The van der Waals surface area contributed by atoms with Crippen molar-refractivity contribution in [2.75, 3.05) is 11.9 Å². The van der Waals surface area contributed by atoms with Crippen molar-refractivity contribution >= 4 is 21.9 Å². The molecule has 0 amide bonds. The maximum atomic E-state index is 11.6. The van der Waals surface area contributed by atoms with E-state index in [0.29, 0.717) is 35.8 Å². The first-order chi connectivity index (χ1) is 11.7. The molecular formula is C19H19BrO4. The summed E-state index contributed by atoms with van der Waals surface area (Å²) < 4.78 is 16.5. The van der Waals surface area contributed by atoms with E-state index in [2.05, 4.69) is 15.9 Å². The normalized spacial score (nSPS) is 11.0. The van der Waals surface area contributed by atoms with E-state index in [1.807, 2.05) is 48.5 Å². The number of benzene rings is 2. The summed E-state index contributed by atoms with van der Waals surface area (Å²) in [7, 11) is 0. The van der Waals surface area contributed by atoms with Gasteiger partial charge in [0.2, 0.25) is 0 Å². The van der Waals surface area contributed by atoms with Gasteiger partial charge in [0.25, 0.3) is 0 Å². The minimum Gasteiger partial charge on any atom is -0.485 e. The zero-order chi connectivity index (χ0) is 17.2. The lowest BCUT2D eigenvalue weighted by atomic mass is 10.2. The molecule has 0 bridgehead atoms. The zero-order valence-electron chi connectivity index (χ0n) is 13.4. The van der Waals surface area contributed by atoms with E-state index in [0.717, 1.165) is 5.56 Å². The number of ether oxygens (including phenoxy) is 3. The number of carbonyl (C=O) groups is 1. The van der Waals surface area contributed by atoms with E-state index in [1.165, 1.54) is 6.08 Å². The lowest BCUT2D eigenvalue weighted by Gasteiger charge is -2.13. The van der Waals surface area contributed by atoms with Crippen LogP contribution in [0.5, 0.6) is 11.5 Å². The number of esters is 1. The van der Waals surface area contributed by atoms with Crippen LogP contribution in [0.2, 0.25) is 0 Å². The van der Waals surface area contributed by atoms with Crippen LogP contribution in [0.4, 0.5) is 0 Å². The molecule has 24 heavy (non-hydrogen) atoms. The lowest BCUT2D eigenvalue weighted by Crippen LogP contribution is -2.06. The van der Waals surface area contributed by atoms with Gasteiger partial charge in [-0.15, -0.1) is 0 Å². The van der Waals surface area contributed by atoms with Crippen molar-refractivity contribution in [3.63, 3.8) is 0 Å². The van der Waals surface area contributed by atoms with Gasteiger partial charge >= 0.3 is 5.97 Å². The van der Waals surface area contributed by atoms with Crippen LogP contribution >= 0.6 is 15.9 Å². The summed E-state index contributed by atoms with van der Waals surface area (Å²) in [5, 5.41) is 0.388. The second-order valence-electron chi connectivity index (χ2n) is 4.82. The maximum absolute atomic E-state index is 11.6. The van der Waals surface area contributed by atoms with Gasteiger partial charge < -0.3 is 14.2 Å². The Kier molecular flexibility index (Phi) is 7.36. The number of hydrogen-bond donors (Lipinski definition) is 0. The predicted molar refractivity (Wildman–Crippen MR) is 96.4 cm³/mol. The Morgan fingerprint density at radius 2 is 1.71 bits per heavy atom. The van der Waals surface area contributed by atoms with E-state index in [-0.39, 0.29) is 0 Å². The molecule has 0 unspecified atom stereocenters. The Morgan fingerprint density at radius 1 is 1.04 bits per heavy atom. The Hall–Kier alpha value is -2.27. The molecule has 2 rings (SSSR count). The Morgan fingerprint density at radius 3 is 2.38 bits per heavy atom. The first kappa shape index (κ1) is 18.1. The van der Waals surface area contributed by atoms with Gasteiger partial charge in [-0.3, -0.25) is 0 Å². The molecule has 5 heteroatoms. The second kappa shape index (κ2) is 9.78. The van der Waals surface area contributed by atoms with Gasteiger partial charge in [-0.1, -0.05) is 58.4 Å². The topological polar surface area (TPSA) is 44.8 Å². The second-order valence-corrected chi connectivity index (χ2v) is 5.38. The van der Waals surface area contributed by atoms with Crippen LogP contribution in [0.1, 0.15) is 12.5 Å². The average Bonchev–Trinajstić information content (AvgIpc) is 2.61. The van der Waals surface area contributed by atoms with E-state index in [4.69, 9.17) is 14.2 Å². The van der Waals surface area contributed by atoms with Gasteiger partial charge in [-0.2, -0.15) is 0 Å². The van der Waals surface area contributed by atoms with E-state index in [9.17, 15) is 4.79 Å². The maximum Gasteiger partial charge on any atom is 0.334 e. The third kappa shape index (κ3) is 5.74. The summed E-state index contributed by atoms with van der Waals surface area (Å²) in [6.45, 7) is 2.52. The molecule has 0 heterocycles. The highest BCUT2D eigenvalue weighted by Crippen LogP contribution is 2.29. The predicted octanol–water partition coefficient (Wildman–Crippen LogP) is 4.49. The third-order valence-electron chi connectivity index (χ3n) is 3.02. The Balaban J connectivity index is 2.08. The van der Waals surface area contributed by atoms with Crippen LogP contribution in [-0.4, -0.2) is 17.9 Å². The Bertz CT molecular complexity index is 683. The standard InChI is InChI=1S/C19H19BrO4/c1-2-22-19(21)12-16(13-20)24-18-11-7-6-10-17(18)23-14-15-8-4-3-5-9-15/h3-12H,2,13-14H2,1H3/b16-12+. The molecule has 2 aromatic carbocycles. The number of halogens is 1. The van der Waals surface area contributed by atoms with Gasteiger partial charge in [0, 0.05) is 0 Å². The summed E-state index contributed by atoms with van der Waals surface area (Å²) in [6.07, 6.45) is 1.33. The van der Waals surface area contributed by atoms with Crippen LogP contribution in [-0.2, 0) is 16.1 Å². The monoisotopic (exact) mass is 390 g/mol. The lowest BCUT2D eigenvalue weighted by molar-refractivity contribution is -0.137. The first-order valence-corrected chi connectivity index (χ1v) is 8.72. The Labute approximate surface area is 150 Å². The smallest absolute Gasteiger partial charge is 0.334 e. The number of allylic oxidation sites excluding steroid dienone is 1. The molecule has 0 aliphatic carbocycles. The van der Waals surface area contributed by atoms with Gasteiger partial charge in [-0.25, -0.2) is 4.79 Å². The van der Waals surface area contributed by atoms with Gasteiger partial charge in [0.1, 0.15) is 12.4 Å². The molecule has 0 fully saturated rings. The summed E-state index contributed by atoms with van der Waals surface area (Å²) >= 11 is 3.31. The summed E-state index contributed by atoms with van der Waals surface area (Å²) in [6, 6.07) is 17.2. The highest BCUT2D eigenvalue weighted by Gasteiger charge is 2.09. The van der Waals surface area contributed by atoms with E-state index < -0.39 is 5.97 Å². The molecule has 0 saturated heterocycles. The van der Waals surface area contributed by atoms with Crippen LogP contribution < -0.4 is 9.47 Å². The molecule has 4 nitrogen and oxygen atoms in total. The van der Waals surface area contributed by atoms with Crippen LogP contribution in [0, 0.1) is 0 Å². The highest BCUT2D eigenvalue weighted by atomic mass is 79.9. The minimum absolute atomic E-state index is 0.321. The SMILES string of the molecule is CCOC(=O)/C=C(\CBr)Oc1ccccc1OCc1ccccc1. The van der Waals surface area contributed by atoms with Crippen LogP contribution in [0.15, 0.2) is 66.4 Å². The number of carbonyl (C=O) groups excluding carboxylic acids is 1. The summed E-state index contributed by atoms with van der Waals surface area (Å²) in [4.78, 5) is 11.6. The van der Waals surface area contributed by atoms with E-state index in [1.54, 1.807) is 13.0 Å². The molecular weight excluding hydrogens is 372 g/mol. The molecule has 0 saturated carbocycles. The molecule has 0 spiro atoms. The van der Waals surface area contributed by atoms with Crippen molar-refractivity contribution in [3.8, 4) is 11.5 Å². The summed E-state index contributed by atoms with van der Waals surface area (Å²) in [5.41, 5.74) is 1.06. The molecule has 0 N–H and O–H groups in total. The van der Waals surface area contributed by atoms with Crippen molar-refractivity contribution in [1.29, 1.82) is 0 Å². The van der Waals surface area contributed by atoms with Crippen LogP contribution in [0.3, 0.4) is 0 Å². The molecule has 0 radical (unpaired) electrons. The van der Waals surface area contributed by atoms with Crippen molar-refractivity contribution in [2.24, 2.45) is 0 Å². The zero-order valence-corrected chi connectivity index (χ0v) is 15.0. The fourth-order valence-corrected chi connectivity index (χ4v) is 2.22. The third-order valence-corrected chi connectivity index (χ3v) is 3.58. The number of para-hydroxylation sites is 2. The van der Waals surface area contributed by atoms with Crippen molar-refractivity contribution in [1.82, 2.24) is 0 Å². The van der Waals surface area contributed by atoms with E-state index >= 15 is 0 Å². The van der Waals surface area contributed by atoms with Crippen LogP contribution in [0.25, 0.3) is 0 Å². The fourth-order valence-electron chi connectivity index (χ4n) is 1.94. The van der Waals surface area contributed by atoms with Gasteiger partial charge in [0.15, 0.2) is 11.5 Å². The molecule has 0 aliphatic rings. The number of hydrogen-bond acceptors (Lipinski definition) is 4. The largest absolute Gasteiger partial charge is 0.485 e. The molecule has 0 aliphatic heterocycles.